The van der Waals surface area contributed by atoms with E-state index in [1.807, 2.05) is 19.3 Å². The zero-order valence-electron chi connectivity index (χ0n) is 12.5. The summed E-state index contributed by atoms with van der Waals surface area (Å²) in [5.74, 6) is 0. The van der Waals surface area contributed by atoms with Gasteiger partial charge >= 0.3 is 0 Å². The van der Waals surface area contributed by atoms with Crippen molar-refractivity contribution in [2.75, 3.05) is 6.54 Å². The van der Waals surface area contributed by atoms with Gasteiger partial charge in [0.15, 0.2) is 0 Å². The van der Waals surface area contributed by atoms with Crippen LogP contribution >= 0.6 is 0 Å². The minimum atomic E-state index is 0.338. The van der Waals surface area contributed by atoms with Gasteiger partial charge in [-0.3, -0.25) is 9.97 Å². The van der Waals surface area contributed by atoms with Crippen molar-refractivity contribution in [3.63, 3.8) is 0 Å². The summed E-state index contributed by atoms with van der Waals surface area (Å²) < 4.78 is 0. The van der Waals surface area contributed by atoms with Crippen LogP contribution in [0.25, 0.3) is 0 Å². The smallest absolute Gasteiger partial charge is 0.0756 e. The Morgan fingerprint density at radius 1 is 1.22 bits per heavy atom. The van der Waals surface area contributed by atoms with Gasteiger partial charge < -0.3 is 5.32 Å². The Morgan fingerprint density at radius 3 is 2.44 bits per heavy atom. The third kappa shape index (κ3) is 5.58. The zero-order chi connectivity index (χ0) is 13.6. The molecule has 0 bridgehead atoms. The molecule has 0 saturated heterocycles. The predicted molar refractivity (Wildman–Crippen MR) is 76.5 cm³/mol. The Balaban J connectivity index is 2.57. The summed E-state index contributed by atoms with van der Waals surface area (Å²) in [5.41, 5.74) is 2.45. The molecular formula is C15H27N3. The minimum Gasteiger partial charge on any atom is -0.309 e. The van der Waals surface area contributed by atoms with Gasteiger partial charge in [-0.25, -0.2) is 0 Å². The third-order valence-corrected chi connectivity index (χ3v) is 3.03. The Labute approximate surface area is 111 Å². The normalized spacial score (nSPS) is 13.6. The highest BCUT2D eigenvalue weighted by atomic mass is 14.9. The molecule has 3 nitrogen and oxygen atoms in total. The van der Waals surface area contributed by atoms with Crippen molar-refractivity contribution in [2.24, 2.45) is 5.41 Å². The highest BCUT2D eigenvalue weighted by Crippen LogP contribution is 2.25. The van der Waals surface area contributed by atoms with Crippen molar-refractivity contribution in [3.8, 4) is 0 Å². The first-order chi connectivity index (χ1) is 8.42. The van der Waals surface area contributed by atoms with Crippen molar-refractivity contribution in [1.29, 1.82) is 0 Å². The standard InChI is InChI=1S/C15H27N3/c1-6-16-13(8-7-9-15(3,4)5)14-11-17-12(2)10-18-14/h10-11,13,16H,6-9H2,1-5H3. The van der Waals surface area contributed by atoms with E-state index in [-0.39, 0.29) is 0 Å². The molecule has 0 saturated carbocycles. The fraction of sp³-hybridized carbons (Fsp3) is 0.733. The maximum absolute atomic E-state index is 4.49. The van der Waals surface area contributed by atoms with E-state index in [0.717, 1.165) is 24.4 Å². The average molecular weight is 249 g/mol. The molecule has 1 heterocycles. The molecule has 0 aliphatic carbocycles. The van der Waals surface area contributed by atoms with E-state index in [1.54, 1.807) is 0 Å². The maximum atomic E-state index is 4.49. The molecule has 0 aliphatic rings. The van der Waals surface area contributed by atoms with E-state index < -0.39 is 0 Å². The molecule has 1 atom stereocenters. The molecule has 0 fully saturated rings. The van der Waals surface area contributed by atoms with Crippen molar-refractivity contribution < 1.29 is 0 Å². The highest BCUT2D eigenvalue weighted by Gasteiger charge is 2.15. The number of nitrogens with zero attached hydrogens (tertiary/aromatic N) is 2. The van der Waals surface area contributed by atoms with E-state index in [2.05, 4.69) is 43.0 Å². The van der Waals surface area contributed by atoms with Gasteiger partial charge in [0.1, 0.15) is 0 Å². The molecule has 0 spiro atoms. The first-order valence-electron chi connectivity index (χ1n) is 6.94. The van der Waals surface area contributed by atoms with E-state index in [4.69, 9.17) is 0 Å². The fourth-order valence-electron chi connectivity index (χ4n) is 2.02. The van der Waals surface area contributed by atoms with Gasteiger partial charge in [0.25, 0.3) is 0 Å². The molecule has 0 amide bonds. The van der Waals surface area contributed by atoms with Crippen molar-refractivity contribution >= 4 is 0 Å². The first kappa shape index (κ1) is 15.1. The number of hydrogen-bond acceptors (Lipinski definition) is 3. The van der Waals surface area contributed by atoms with Gasteiger partial charge in [0.2, 0.25) is 0 Å². The summed E-state index contributed by atoms with van der Waals surface area (Å²) >= 11 is 0. The van der Waals surface area contributed by atoms with Gasteiger partial charge in [-0.15, -0.1) is 0 Å². The molecule has 1 aromatic heterocycles. The summed E-state index contributed by atoms with van der Waals surface area (Å²) in [5, 5.41) is 3.50. The Kier molecular flexibility index (Phi) is 5.73. The summed E-state index contributed by atoms with van der Waals surface area (Å²) in [4.78, 5) is 8.82. The lowest BCUT2D eigenvalue weighted by Gasteiger charge is -2.21. The van der Waals surface area contributed by atoms with Crippen molar-refractivity contribution in [2.45, 2.75) is 59.9 Å². The van der Waals surface area contributed by atoms with Crippen LogP contribution in [0, 0.1) is 12.3 Å². The summed E-state index contributed by atoms with van der Waals surface area (Å²) in [6.07, 6.45) is 7.34. The number of rotatable bonds is 6. The van der Waals surface area contributed by atoms with Crippen LogP contribution in [0.15, 0.2) is 12.4 Å². The molecule has 0 aliphatic heterocycles. The van der Waals surface area contributed by atoms with Crippen LogP contribution in [0.5, 0.6) is 0 Å². The maximum Gasteiger partial charge on any atom is 0.0756 e. The Bertz CT molecular complexity index is 338. The molecular weight excluding hydrogens is 222 g/mol. The number of hydrogen-bond donors (Lipinski definition) is 1. The average Bonchev–Trinajstić information content (AvgIpc) is 2.27. The van der Waals surface area contributed by atoms with Crippen molar-refractivity contribution in [3.05, 3.63) is 23.8 Å². The molecule has 102 valence electrons. The second kappa shape index (κ2) is 6.83. The quantitative estimate of drug-likeness (QED) is 0.836. The lowest BCUT2D eigenvalue weighted by Crippen LogP contribution is -2.22. The van der Waals surface area contributed by atoms with Crippen molar-refractivity contribution in [1.82, 2.24) is 15.3 Å². The lowest BCUT2D eigenvalue weighted by atomic mass is 9.88. The zero-order valence-corrected chi connectivity index (χ0v) is 12.5. The SMILES string of the molecule is CCNC(CCCC(C)(C)C)c1cnc(C)cn1. The highest BCUT2D eigenvalue weighted by molar-refractivity contribution is 5.05. The summed E-state index contributed by atoms with van der Waals surface area (Å²) in [7, 11) is 0. The lowest BCUT2D eigenvalue weighted by molar-refractivity contribution is 0.343. The van der Waals surface area contributed by atoms with Crippen LogP contribution in [0.4, 0.5) is 0 Å². The third-order valence-electron chi connectivity index (χ3n) is 3.03. The minimum absolute atomic E-state index is 0.338. The second-order valence-electron chi connectivity index (χ2n) is 6.15. The number of aromatic nitrogens is 2. The summed E-state index contributed by atoms with van der Waals surface area (Å²) in [6, 6.07) is 0.338. The molecule has 1 rings (SSSR count). The van der Waals surface area contributed by atoms with Gasteiger partial charge in [-0.1, -0.05) is 34.1 Å². The second-order valence-corrected chi connectivity index (χ2v) is 6.15. The fourth-order valence-corrected chi connectivity index (χ4v) is 2.02. The van der Waals surface area contributed by atoms with E-state index in [0.29, 0.717) is 11.5 Å². The predicted octanol–water partition coefficient (Wildman–Crippen LogP) is 3.65. The van der Waals surface area contributed by atoms with E-state index in [9.17, 15) is 0 Å². The van der Waals surface area contributed by atoms with Crippen LogP contribution in [0.1, 0.15) is 64.4 Å². The summed E-state index contributed by atoms with van der Waals surface area (Å²) in [6.45, 7) is 12.0. The molecule has 0 radical (unpaired) electrons. The van der Waals surface area contributed by atoms with E-state index >= 15 is 0 Å². The molecule has 18 heavy (non-hydrogen) atoms. The first-order valence-corrected chi connectivity index (χ1v) is 6.94. The monoisotopic (exact) mass is 249 g/mol. The van der Waals surface area contributed by atoms with Crippen LogP contribution in [0.3, 0.4) is 0 Å². The largest absolute Gasteiger partial charge is 0.309 e. The van der Waals surface area contributed by atoms with Gasteiger partial charge in [0, 0.05) is 6.20 Å². The molecule has 3 heteroatoms. The van der Waals surface area contributed by atoms with Crippen LogP contribution in [-0.2, 0) is 0 Å². The van der Waals surface area contributed by atoms with Crippen LogP contribution in [-0.4, -0.2) is 16.5 Å². The van der Waals surface area contributed by atoms with Crippen LogP contribution in [0.2, 0.25) is 0 Å². The Morgan fingerprint density at radius 2 is 1.94 bits per heavy atom. The Hall–Kier alpha value is -0.960. The van der Waals surface area contributed by atoms with Gasteiger partial charge in [-0.2, -0.15) is 0 Å². The topological polar surface area (TPSA) is 37.8 Å². The van der Waals surface area contributed by atoms with E-state index in [1.165, 1.54) is 12.8 Å². The van der Waals surface area contributed by atoms with Gasteiger partial charge in [0.05, 0.1) is 23.6 Å². The molecule has 1 N–H and O–H groups in total. The molecule has 1 unspecified atom stereocenters. The van der Waals surface area contributed by atoms with Crippen LogP contribution < -0.4 is 5.32 Å². The molecule has 1 aromatic rings. The number of aryl methyl sites for hydroxylation is 1. The molecule has 0 aromatic carbocycles. The van der Waals surface area contributed by atoms with Gasteiger partial charge in [-0.05, 0) is 31.7 Å². The number of nitrogens with one attached hydrogen (secondary N) is 1.